The topological polar surface area (TPSA) is 55.8 Å². The molecule has 2 aromatic carbocycles. The van der Waals surface area contributed by atoms with Crippen molar-refractivity contribution in [2.45, 2.75) is 26.3 Å². The van der Waals surface area contributed by atoms with Crippen LogP contribution in [0.2, 0.25) is 0 Å². The molecule has 0 spiro atoms. The van der Waals surface area contributed by atoms with Gasteiger partial charge in [0.05, 0.1) is 4.91 Å². The van der Waals surface area contributed by atoms with Crippen LogP contribution >= 0.6 is 0 Å². The highest BCUT2D eigenvalue weighted by Gasteiger charge is 2.28. The van der Waals surface area contributed by atoms with Gasteiger partial charge in [-0.2, -0.15) is 4.31 Å². The zero-order chi connectivity index (χ0) is 18.9. The molecule has 2 aromatic rings. The molecule has 5 nitrogen and oxygen atoms in total. The van der Waals surface area contributed by atoms with Crippen LogP contribution in [0.25, 0.3) is 6.08 Å². The van der Waals surface area contributed by atoms with E-state index in [-0.39, 0.29) is 0 Å². The first-order valence-electron chi connectivity index (χ1n) is 9.25. The third kappa shape index (κ3) is 3.59. The number of allylic oxidation sites excluding steroid dienone is 1. The Kier molecular flexibility index (Phi) is 4.93. The maximum atomic E-state index is 13.2. The SMILES string of the molecule is CCN(Cc1ccc2c(c1)OCCO2)S(=O)(=O)C1=Cc2ccccc2CC1. The van der Waals surface area contributed by atoms with Crippen molar-refractivity contribution in [1.82, 2.24) is 4.31 Å². The first-order chi connectivity index (χ1) is 13.1. The molecule has 142 valence electrons. The van der Waals surface area contributed by atoms with Gasteiger partial charge in [-0.3, -0.25) is 0 Å². The average molecular weight is 385 g/mol. The van der Waals surface area contributed by atoms with E-state index in [1.54, 1.807) is 0 Å². The van der Waals surface area contributed by atoms with E-state index in [4.69, 9.17) is 9.47 Å². The number of benzene rings is 2. The first-order valence-corrected chi connectivity index (χ1v) is 10.7. The van der Waals surface area contributed by atoms with Gasteiger partial charge in [0.1, 0.15) is 13.2 Å². The van der Waals surface area contributed by atoms with Crippen molar-refractivity contribution in [3.63, 3.8) is 0 Å². The van der Waals surface area contributed by atoms with Crippen LogP contribution < -0.4 is 9.47 Å². The summed E-state index contributed by atoms with van der Waals surface area (Å²) in [5, 5.41) is 0. The molecule has 27 heavy (non-hydrogen) atoms. The molecule has 0 atom stereocenters. The largest absolute Gasteiger partial charge is 0.486 e. The van der Waals surface area contributed by atoms with Crippen LogP contribution in [0.5, 0.6) is 11.5 Å². The van der Waals surface area contributed by atoms with Crippen LogP contribution in [-0.4, -0.2) is 32.5 Å². The lowest BCUT2D eigenvalue weighted by molar-refractivity contribution is 0.171. The number of hydrogen-bond acceptors (Lipinski definition) is 4. The predicted octanol–water partition coefficient (Wildman–Crippen LogP) is 3.60. The second kappa shape index (κ2) is 7.37. The van der Waals surface area contributed by atoms with Crippen molar-refractivity contribution in [1.29, 1.82) is 0 Å². The summed E-state index contributed by atoms with van der Waals surface area (Å²) in [6, 6.07) is 13.6. The van der Waals surface area contributed by atoms with Gasteiger partial charge in [-0.25, -0.2) is 8.42 Å². The van der Waals surface area contributed by atoms with E-state index in [0.717, 1.165) is 17.5 Å². The van der Waals surface area contributed by atoms with Gasteiger partial charge in [0.25, 0.3) is 0 Å². The molecule has 1 heterocycles. The Balaban J connectivity index is 1.59. The summed E-state index contributed by atoms with van der Waals surface area (Å²) >= 11 is 0. The molecule has 2 aliphatic rings. The molecule has 0 saturated carbocycles. The van der Waals surface area contributed by atoms with Gasteiger partial charge >= 0.3 is 0 Å². The van der Waals surface area contributed by atoms with Crippen LogP contribution in [0.15, 0.2) is 47.4 Å². The number of nitrogens with zero attached hydrogens (tertiary/aromatic N) is 1. The lowest BCUT2D eigenvalue weighted by atomic mass is 9.98. The van der Waals surface area contributed by atoms with E-state index >= 15 is 0 Å². The van der Waals surface area contributed by atoms with Crippen LogP contribution in [-0.2, 0) is 23.0 Å². The standard InChI is InChI=1S/C21H23NO4S/c1-2-22(15-16-7-10-20-21(13-16)26-12-11-25-20)27(23,24)19-9-8-17-5-3-4-6-18(17)14-19/h3-7,10,13-14H,2,8-9,11-12,15H2,1H3. The molecule has 0 radical (unpaired) electrons. The van der Waals surface area contributed by atoms with E-state index in [0.29, 0.717) is 49.1 Å². The Morgan fingerprint density at radius 2 is 1.78 bits per heavy atom. The summed E-state index contributed by atoms with van der Waals surface area (Å²) in [5.41, 5.74) is 3.09. The third-order valence-electron chi connectivity index (χ3n) is 5.00. The van der Waals surface area contributed by atoms with Crippen molar-refractivity contribution in [2.75, 3.05) is 19.8 Å². The zero-order valence-corrected chi connectivity index (χ0v) is 16.2. The van der Waals surface area contributed by atoms with Crippen molar-refractivity contribution in [2.24, 2.45) is 0 Å². The first kappa shape index (κ1) is 18.1. The predicted molar refractivity (Wildman–Crippen MR) is 105 cm³/mol. The molecule has 4 rings (SSSR count). The van der Waals surface area contributed by atoms with Crippen LogP contribution in [0.4, 0.5) is 0 Å². The van der Waals surface area contributed by atoms with Crippen LogP contribution in [0, 0.1) is 0 Å². The lowest BCUT2D eigenvalue weighted by Crippen LogP contribution is -2.32. The van der Waals surface area contributed by atoms with Gasteiger partial charge in [0.15, 0.2) is 11.5 Å². The molecule has 0 amide bonds. The molecule has 6 heteroatoms. The number of rotatable bonds is 5. The fraction of sp³-hybridized carbons (Fsp3) is 0.333. The van der Waals surface area contributed by atoms with Gasteiger partial charge in [0.2, 0.25) is 10.0 Å². The van der Waals surface area contributed by atoms with E-state index < -0.39 is 10.0 Å². The maximum absolute atomic E-state index is 13.2. The highest BCUT2D eigenvalue weighted by molar-refractivity contribution is 7.93. The Hall–Kier alpha value is -2.31. The second-order valence-corrected chi connectivity index (χ2v) is 8.71. The Labute approximate surface area is 160 Å². The average Bonchev–Trinajstić information content (AvgIpc) is 2.71. The second-order valence-electron chi connectivity index (χ2n) is 6.72. The number of ether oxygens (including phenoxy) is 2. The highest BCUT2D eigenvalue weighted by Crippen LogP contribution is 2.33. The van der Waals surface area contributed by atoms with Crippen molar-refractivity contribution in [3.05, 3.63) is 64.1 Å². The smallest absolute Gasteiger partial charge is 0.239 e. The summed E-state index contributed by atoms with van der Waals surface area (Å²) in [5.74, 6) is 1.39. The third-order valence-corrected chi connectivity index (χ3v) is 7.05. The molecule has 0 bridgehead atoms. The number of sulfonamides is 1. The van der Waals surface area contributed by atoms with Crippen LogP contribution in [0.1, 0.15) is 30.0 Å². The lowest BCUT2D eigenvalue weighted by Gasteiger charge is -2.25. The molecule has 0 saturated heterocycles. The van der Waals surface area contributed by atoms with E-state index in [1.807, 2.05) is 49.4 Å². The Bertz CT molecular complexity index is 981. The fourth-order valence-corrected chi connectivity index (χ4v) is 5.16. The fourth-order valence-electron chi connectivity index (χ4n) is 3.53. The van der Waals surface area contributed by atoms with Crippen LogP contribution in [0.3, 0.4) is 0 Å². The monoisotopic (exact) mass is 385 g/mol. The van der Waals surface area contributed by atoms with Gasteiger partial charge < -0.3 is 9.47 Å². The van der Waals surface area contributed by atoms with E-state index in [9.17, 15) is 8.42 Å². The minimum Gasteiger partial charge on any atom is -0.486 e. The minimum atomic E-state index is -3.51. The Morgan fingerprint density at radius 1 is 1.00 bits per heavy atom. The van der Waals surface area contributed by atoms with E-state index in [2.05, 4.69) is 6.07 Å². The molecular formula is C21H23NO4S. The molecular weight excluding hydrogens is 362 g/mol. The van der Waals surface area contributed by atoms with Gasteiger partial charge in [0, 0.05) is 13.1 Å². The summed E-state index contributed by atoms with van der Waals surface area (Å²) in [7, 11) is -3.51. The minimum absolute atomic E-state index is 0.314. The van der Waals surface area contributed by atoms with Crippen molar-refractivity contribution >= 4 is 16.1 Å². The molecule has 0 unspecified atom stereocenters. The number of aryl methyl sites for hydroxylation is 1. The van der Waals surface area contributed by atoms with Crippen molar-refractivity contribution < 1.29 is 17.9 Å². The van der Waals surface area contributed by atoms with Gasteiger partial charge in [-0.15, -0.1) is 0 Å². The summed E-state index contributed by atoms with van der Waals surface area (Å²) < 4.78 is 39.1. The van der Waals surface area contributed by atoms with Gasteiger partial charge in [-0.1, -0.05) is 37.3 Å². The molecule has 1 aliphatic heterocycles. The number of fused-ring (bicyclic) bond motifs is 2. The summed E-state index contributed by atoms with van der Waals surface area (Å²) in [6.07, 6.45) is 3.11. The highest BCUT2D eigenvalue weighted by atomic mass is 32.2. The molecule has 0 fully saturated rings. The molecule has 0 aromatic heterocycles. The Morgan fingerprint density at radius 3 is 2.59 bits per heavy atom. The molecule has 0 N–H and O–H groups in total. The molecule has 1 aliphatic carbocycles. The maximum Gasteiger partial charge on any atom is 0.239 e. The quantitative estimate of drug-likeness (QED) is 0.789. The van der Waals surface area contributed by atoms with Crippen molar-refractivity contribution in [3.8, 4) is 11.5 Å². The summed E-state index contributed by atoms with van der Waals surface area (Å²) in [4.78, 5) is 0.487. The normalized spacial score (nSPS) is 16.0. The summed E-state index contributed by atoms with van der Waals surface area (Å²) in [6.45, 7) is 3.65. The van der Waals surface area contributed by atoms with E-state index in [1.165, 1.54) is 9.87 Å². The number of hydrogen-bond donors (Lipinski definition) is 0. The zero-order valence-electron chi connectivity index (χ0n) is 15.3. The van der Waals surface area contributed by atoms with Gasteiger partial charge in [-0.05, 0) is 47.7 Å².